The SMILES string of the molecule is Cc1ccc(C(=O)NNC(=O)COc2ccccc2C#N)s1. The number of amides is 2. The maximum absolute atomic E-state index is 11.7. The molecular formula is C15H13N3O3S. The fraction of sp³-hybridized carbons (Fsp3) is 0.133. The van der Waals surface area contributed by atoms with Gasteiger partial charge in [0.2, 0.25) is 0 Å². The van der Waals surface area contributed by atoms with E-state index in [1.165, 1.54) is 11.3 Å². The molecule has 22 heavy (non-hydrogen) atoms. The molecule has 0 aliphatic heterocycles. The van der Waals surface area contributed by atoms with E-state index in [1.807, 2.05) is 19.1 Å². The number of nitriles is 1. The van der Waals surface area contributed by atoms with Gasteiger partial charge < -0.3 is 4.74 Å². The second-order valence-corrected chi connectivity index (χ2v) is 5.60. The molecule has 2 amide bonds. The molecule has 1 aromatic carbocycles. The molecule has 1 aromatic heterocycles. The van der Waals surface area contributed by atoms with Crippen molar-refractivity contribution in [1.29, 1.82) is 5.26 Å². The smallest absolute Gasteiger partial charge is 0.279 e. The second-order valence-electron chi connectivity index (χ2n) is 4.31. The third kappa shape index (κ3) is 4.07. The van der Waals surface area contributed by atoms with Gasteiger partial charge in [-0.1, -0.05) is 12.1 Å². The van der Waals surface area contributed by atoms with E-state index in [0.717, 1.165) is 4.88 Å². The summed E-state index contributed by atoms with van der Waals surface area (Å²) in [5.41, 5.74) is 4.90. The van der Waals surface area contributed by atoms with Gasteiger partial charge in [-0.15, -0.1) is 11.3 Å². The standard InChI is InChI=1S/C15H13N3O3S/c1-10-6-7-13(22-10)15(20)18-17-14(19)9-21-12-5-3-2-4-11(12)8-16/h2-7H,9H2,1H3,(H,17,19)(H,18,20). The second kappa shape index (κ2) is 7.24. The van der Waals surface area contributed by atoms with Crippen LogP contribution in [-0.4, -0.2) is 18.4 Å². The van der Waals surface area contributed by atoms with Crippen LogP contribution in [0.4, 0.5) is 0 Å². The molecule has 2 aromatic rings. The number of rotatable bonds is 4. The van der Waals surface area contributed by atoms with Crippen molar-refractivity contribution in [3.8, 4) is 11.8 Å². The van der Waals surface area contributed by atoms with E-state index in [4.69, 9.17) is 10.00 Å². The lowest BCUT2D eigenvalue weighted by atomic mass is 10.2. The Labute approximate surface area is 131 Å². The Morgan fingerprint density at radius 3 is 2.68 bits per heavy atom. The zero-order valence-corrected chi connectivity index (χ0v) is 12.6. The van der Waals surface area contributed by atoms with Gasteiger partial charge in [-0.3, -0.25) is 20.4 Å². The number of carbonyl (C=O) groups is 2. The molecule has 2 N–H and O–H groups in total. The van der Waals surface area contributed by atoms with E-state index >= 15 is 0 Å². The van der Waals surface area contributed by atoms with Gasteiger partial charge in [0, 0.05) is 4.88 Å². The third-order valence-corrected chi connectivity index (χ3v) is 3.65. The van der Waals surface area contributed by atoms with Crippen molar-refractivity contribution in [2.24, 2.45) is 0 Å². The first-order valence-corrected chi connectivity index (χ1v) is 7.19. The topological polar surface area (TPSA) is 91.2 Å². The summed E-state index contributed by atoms with van der Waals surface area (Å²) < 4.78 is 5.25. The van der Waals surface area contributed by atoms with Gasteiger partial charge in [-0.25, -0.2) is 0 Å². The van der Waals surface area contributed by atoms with Crippen molar-refractivity contribution in [2.75, 3.05) is 6.61 Å². The Morgan fingerprint density at radius 2 is 2.00 bits per heavy atom. The summed E-state index contributed by atoms with van der Waals surface area (Å²) in [4.78, 5) is 24.9. The fourth-order valence-corrected chi connectivity index (χ4v) is 2.37. The molecule has 0 bridgehead atoms. The average molecular weight is 315 g/mol. The van der Waals surface area contributed by atoms with E-state index in [0.29, 0.717) is 16.2 Å². The van der Waals surface area contributed by atoms with Gasteiger partial charge in [0.1, 0.15) is 11.8 Å². The minimum Gasteiger partial charge on any atom is -0.482 e. The zero-order chi connectivity index (χ0) is 15.9. The van der Waals surface area contributed by atoms with Gasteiger partial charge in [0.25, 0.3) is 11.8 Å². The van der Waals surface area contributed by atoms with Crippen LogP contribution in [0.5, 0.6) is 5.75 Å². The lowest BCUT2D eigenvalue weighted by Crippen LogP contribution is -2.43. The maximum atomic E-state index is 11.7. The molecule has 0 saturated heterocycles. The van der Waals surface area contributed by atoms with Crippen LogP contribution in [0.3, 0.4) is 0 Å². The highest BCUT2D eigenvalue weighted by atomic mass is 32.1. The van der Waals surface area contributed by atoms with Crippen LogP contribution in [-0.2, 0) is 4.79 Å². The van der Waals surface area contributed by atoms with Gasteiger partial charge in [-0.05, 0) is 31.2 Å². The monoisotopic (exact) mass is 315 g/mol. The lowest BCUT2D eigenvalue weighted by Gasteiger charge is -2.08. The van der Waals surface area contributed by atoms with Crippen LogP contribution in [0.2, 0.25) is 0 Å². The summed E-state index contributed by atoms with van der Waals surface area (Å²) in [7, 11) is 0. The minimum atomic E-state index is -0.519. The highest BCUT2D eigenvalue weighted by molar-refractivity contribution is 7.13. The molecule has 0 unspecified atom stereocenters. The number of ether oxygens (including phenoxy) is 1. The predicted octanol–water partition coefficient (Wildman–Crippen LogP) is 1.77. The maximum Gasteiger partial charge on any atom is 0.279 e. The first-order valence-electron chi connectivity index (χ1n) is 6.37. The van der Waals surface area contributed by atoms with Crippen molar-refractivity contribution < 1.29 is 14.3 Å². The Balaban J connectivity index is 1.81. The number of hydrogen-bond acceptors (Lipinski definition) is 5. The molecule has 0 aliphatic carbocycles. The van der Waals surface area contributed by atoms with Crippen LogP contribution in [0, 0.1) is 18.3 Å². The zero-order valence-electron chi connectivity index (χ0n) is 11.8. The normalized spacial score (nSPS) is 9.64. The molecular weight excluding hydrogens is 302 g/mol. The first-order chi connectivity index (χ1) is 10.6. The van der Waals surface area contributed by atoms with Crippen LogP contribution in [0.25, 0.3) is 0 Å². The van der Waals surface area contributed by atoms with Crippen LogP contribution >= 0.6 is 11.3 Å². The van der Waals surface area contributed by atoms with Crippen molar-refractivity contribution in [1.82, 2.24) is 10.9 Å². The minimum absolute atomic E-state index is 0.303. The molecule has 0 saturated carbocycles. The van der Waals surface area contributed by atoms with Gasteiger partial charge in [0.05, 0.1) is 10.4 Å². The van der Waals surface area contributed by atoms with E-state index < -0.39 is 5.91 Å². The molecule has 1 heterocycles. The Hall–Kier alpha value is -2.85. The van der Waals surface area contributed by atoms with E-state index in [-0.39, 0.29) is 12.5 Å². The number of hydrazine groups is 1. The number of nitrogens with zero attached hydrogens (tertiary/aromatic N) is 1. The molecule has 7 heteroatoms. The first kappa shape index (κ1) is 15.5. The van der Waals surface area contributed by atoms with Crippen molar-refractivity contribution >= 4 is 23.2 Å². The van der Waals surface area contributed by atoms with Crippen molar-refractivity contribution in [2.45, 2.75) is 6.92 Å². The number of para-hydroxylation sites is 1. The molecule has 112 valence electrons. The predicted molar refractivity (Wildman–Crippen MR) is 81.3 cm³/mol. The number of thiophene rings is 1. The summed E-state index contributed by atoms with van der Waals surface area (Å²) in [6.45, 7) is 1.59. The molecule has 0 aliphatic rings. The van der Waals surface area contributed by atoms with E-state index in [1.54, 1.807) is 30.3 Å². The molecule has 2 rings (SSSR count). The fourth-order valence-electron chi connectivity index (χ4n) is 1.61. The van der Waals surface area contributed by atoms with Gasteiger partial charge >= 0.3 is 0 Å². The summed E-state index contributed by atoms with van der Waals surface area (Å²) in [5.74, 6) is -0.585. The quantitative estimate of drug-likeness (QED) is 0.841. The van der Waals surface area contributed by atoms with Crippen LogP contribution in [0.15, 0.2) is 36.4 Å². The summed E-state index contributed by atoms with van der Waals surface area (Å²) in [5, 5.41) is 8.90. The van der Waals surface area contributed by atoms with Crippen molar-refractivity contribution in [3.05, 3.63) is 51.7 Å². The highest BCUT2D eigenvalue weighted by Gasteiger charge is 2.10. The lowest BCUT2D eigenvalue weighted by molar-refractivity contribution is -0.123. The molecule has 0 atom stereocenters. The molecule has 0 spiro atoms. The highest BCUT2D eigenvalue weighted by Crippen LogP contribution is 2.16. The Kier molecular flexibility index (Phi) is 5.11. The number of aryl methyl sites for hydroxylation is 1. The third-order valence-electron chi connectivity index (χ3n) is 2.65. The molecule has 0 fully saturated rings. The van der Waals surface area contributed by atoms with Crippen LogP contribution < -0.4 is 15.6 Å². The Morgan fingerprint density at radius 1 is 1.23 bits per heavy atom. The van der Waals surface area contributed by atoms with Crippen molar-refractivity contribution in [3.63, 3.8) is 0 Å². The largest absolute Gasteiger partial charge is 0.482 e. The van der Waals surface area contributed by atoms with Gasteiger partial charge in [-0.2, -0.15) is 5.26 Å². The average Bonchev–Trinajstić information content (AvgIpc) is 2.97. The van der Waals surface area contributed by atoms with Gasteiger partial charge in [0.15, 0.2) is 6.61 Å². The molecule has 0 radical (unpaired) electrons. The summed E-state index contributed by atoms with van der Waals surface area (Å²) >= 11 is 1.33. The number of carbonyl (C=O) groups excluding carboxylic acids is 2. The summed E-state index contributed by atoms with van der Waals surface area (Å²) in [6.07, 6.45) is 0. The van der Waals surface area contributed by atoms with E-state index in [2.05, 4.69) is 10.9 Å². The summed E-state index contributed by atoms with van der Waals surface area (Å²) in [6, 6.07) is 12.1. The molecule has 6 nitrogen and oxygen atoms in total. The Bertz CT molecular complexity index is 734. The van der Waals surface area contributed by atoms with Crippen LogP contribution in [0.1, 0.15) is 20.1 Å². The number of nitrogens with one attached hydrogen (secondary N) is 2. The van der Waals surface area contributed by atoms with E-state index in [9.17, 15) is 9.59 Å². The number of benzene rings is 1. The number of hydrogen-bond donors (Lipinski definition) is 2.